The molecular formula is C19H11Cl2FN2O2S. The minimum Gasteiger partial charge on any atom is -0.245 e. The summed E-state index contributed by atoms with van der Waals surface area (Å²) in [6.07, 6.45) is 1.34. The zero-order chi connectivity index (χ0) is 19.6. The van der Waals surface area contributed by atoms with Gasteiger partial charge >= 0.3 is 0 Å². The highest BCUT2D eigenvalue weighted by Crippen LogP contribution is 2.37. The fraction of sp³-hybridized carbons (Fsp3) is 0.0526. The number of sulfone groups is 1. The van der Waals surface area contributed by atoms with Crippen LogP contribution in [-0.2, 0) is 9.84 Å². The summed E-state index contributed by atoms with van der Waals surface area (Å²) < 4.78 is 41.3. The average molecular weight is 421 g/mol. The van der Waals surface area contributed by atoms with Gasteiger partial charge in [-0.25, -0.2) is 17.8 Å². The quantitative estimate of drug-likeness (QED) is 0.559. The number of nitriles is 1. The van der Waals surface area contributed by atoms with Crippen LogP contribution in [0.15, 0.2) is 65.7 Å². The van der Waals surface area contributed by atoms with Gasteiger partial charge in [0, 0.05) is 16.8 Å². The van der Waals surface area contributed by atoms with E-state index in [1.54, 1.807) is 0 Å². The lowest BCUT2D eigenvalue weighted by atomic mass is 10.0. The Morgan fingerprint density at radius 2 is 1.74 bits per heavy atom. The molecular weight excluding hydrogens is 410 g/mol. The number of hydrogen-bond acceptors (Lipinski definition) is 4. The van der Waals surface area contributed by atoms with Crippen molar-refractivity contribution >= 4 is 33.0 Å². The van der Waals surface area contributed by atoms with E-state index in [-0.39, 0.29) is 26.7 Å². The summed E-state index contributed by atoms with van der Waals surface area (Å²) in [6.45, 7) is 0. The van der Waals surface area contributed by atoms with Gasteiger partial charge in [0.05, 0.1) is 16.5 Å². The number of benzene rings is 2. The molecule has 0 bridgehead atoms. The fourth-order valence-electron chi connectivity index (χ4n) is 2.68. The Kier molecular flexibility index (Phi) is 5.47. The van der Waals surface area contributed by atoms with Gasteiger partial charge in [-0.1, -0.05) is 23.2 Å². The van der Waals surface area contributed by atoms with Crippen LogP contribution in [0.4, 0.5) is 4.39 Å². The second-order valence-corrected chi connectivity index (χ2v) is 8.50. The molecule has 3 rings (SSSR count). The van der Waals surface area contributed by atoms with E-state index in [1.165, 1.54) is 54.7 Å². The van der Waals surface area contributed by atoms with Crippen molar-refractivity contribution in [2.45, 2.75) is 10.1 Å². The van der Waals surface area contributed by atoms with Gasteiger partial charge in [0.2, 0.25) is 0 Å². The minimum absolute atomic E-state index is 0.0356. The Labute approximate surface area is 165 Å². The zero-order valence-electron chi connectivity index (χ0n) is 13.6. The van der Waals surface area contributed by atoms with Gasteiger partial charge in [0.1, 0.15) is 16.2 Å². The molecule has 0 amide bonds. The molecule has 8 heteroatoms. The van der Waals surface area contributed by atoms with Crippen LogP contribution in [0.5, 0.6) is 0 Å². The lowest BCUT2D eigenvalue weighted by Crippen LogP contribution is -2.17. The monoisotopic (exact) mass is 420 g/mol. The van der Waals surface area contributed by atoms with E-state index in [9.17, 15) is 12.8 Å². The molecule has 0 spiro atoms. The number of nitrogens with zero attached hydrogens (tertiary/aromatic N) is 2. The van der Waals surface area contributed by atoms with Gasteiger partial charge in [-0.2, -0.15) is 5.26 Å². The molecule has 1 heterocycles. The van der Waals surface area contributed by atoms with Crippen molar-refractivity contribution < 1.29 is 12.8 Å². The van der Waals surface area contributed by atoms with Crippen LogP contribution in [0.1, 0.15) is 21.9 Å². The number of pyridine rings is 1. The van der Waals surface area contributed by atoms with Crippen LogP contribution in [0.2, 0.25) is 10.2 Å². The Balaban J connectivity index is 2.29. The lowest BCUT2D eigenvalue weighted by Gasteiger charge is -2.20. The van der Waals surface area contributed by atoms with Crippen molar-refractivity contribution in [3.05, 3.63) is 93.5 Å². The molecule has 2 aromatic carbocycles. The molecule has 27 heavy (non-hydrogen) atoms. The van der Waals surface area contributed by atoms with E-state index >= 15 is 0 Å². The van der Waals surface area contributed by atoms with E-state index < -0.39 is 20.9 Å². The largest absolute Gasteiger partial charge is 0.245 e. The Bertz CT molecular complexity index is 1140. The fourth-order valence-corrected chi connectivity index (χ4v) is 4.80. The van der Waals surface area contributed by atoms with E-state index in [4.69, 9.17) is 28.5 Å². The first-order valence-corrected chi connectivity index (χ1v) is 9.93. The van der Waals surface area contributed by atoms with Gasteiger partial charge in [-0.3, -0.25) is 0 Å². The maximum atomic E-state index is 14.6. The first-order chi connectivity index (χ1) is 12.8. The molecule has 1 atom stereocenters. The van der Waals surface area contributed by atoms with Crippen molar-refractivity contribution in [3.8, 4) is 6.07 Å². The standard InChI is InChI=1S/C19H11Cl2FN2O2S/c20-14-2-4-15(5-3-14)27(25,26)19(13-7-8-24-18(21)10-13)16-9-12(11-23)1-6-17(16)22/h1-10,19H. The highest BCUT2D eigenvalue weighted by atomic mass is 35.5. The summed E-state index contributed by atoms with van der Waals surface area (Å²) in [5, 5.41) is 8.16. The summed E-state index contributed by atoms with van der Waals surface area (Å²) in [5.41, 5.74) is 0.230. The van der Waals surface area contributed by atoms with Crippen molar-refractivity contribution in [2.24, 2.45) is 0 Å². The van der Waals surface area contributed by atoms with E-state index in [1.807, 2.05) is 6.07 Å². The van der Waals surface area contributed by atoms with Crippen molar-refractivity contribution in [1.82, 2.24) is 4.98 Å². The van der Waals surface area contributed by atoms with Crippen LogP contribution < -0.4 is 0 Å². The normalized spacial score (nSPS) is 12.4. The molecule has 1 unspecified atom stereocenters. The maximum absolute atomic E-state index is 14.6. The second-order valence-electron chi connectivity index (χ2n) is 5.64. The third-order valence-corrected chi connectivity index (χ3v) is 6.45. The van der Waals surface area contributed by atoms with E-state index in [0.717, 1.165) is 6.07 Å². The number of halogens is 3. The SMILES string of the molecule is N#Cc1ccc(F)c(C(c2ccnc(Cl)c2)S(=O)(=O)c2ccc(Cl)cc2)c1. The highest BCUT2D eigenvalue weighted by molar-refractivity contribution is 7.91. The van der Waals surface area contributed by atoms with E-state index in [2.05, 4.69) is 4.98 Å². The summed E-state index contributed by atoms with van der Waals surface area (Å²) in [6, 6.07) is 13.8. The average Bonchev–Trinajstić information content (AvgIpc) is 2.64. The zero-order valence-corrected chi connectivity index (χ0v) is 15.9. The lowest BCUT2D eigenvalue weighted by molar-refractivity contribution is 0.577. The number of aromatic nitrogens is 1. The molecule has 3 aromatic rings. The molecule has 4 nitrogen and oxygen atoms in total. The molecule has 1 aromatic heterocycles. The number of hydrogen-bond donors (Lipinski definition) is 0. The second kappa shape index (κ2) is 7.65. The van der Waals surface area contributed by atoms with Crippen LogP contribution in [-0.4, -0.2) is 13.4 Å². The van der Waals surface area contributed by atoms with Crippen molar-refractivity contribution in [1.29, 1.82) is 5.26 Å². The molecule has 0 fully saturated rings. The smallest absolute Gasteiger partial charge is 0.189 e. The first kappa shape index (κ1) is 19.3. The van der Waals surface area contributed by atoms with Crippen LogP contribution >= 0.6 is 23.2 Å². The third kappa shape index (κ3) is 3.96. The van der Waals surface area contributed by atoms with Crippen LogP contribution in [0.25, 0.3) is 0 Å². The van der Waals surface area contributed by atoms with Crippen molar-refractivity contribution in [2.75, 3.05) is 0 Å². The summed E-state index contributed by atoms with van der Waals surface area (Å²) in [5.74, 6) is -0.746. The summed E-state index contributed by atoms with van der Waals surface area (Å²) in [7, 11) is -4.08. The molecule has 0 aliphatic rings. The molecule has 0 saturated carbocycles. The van der Waals surface area contributed by atoms with Crippen LogP contribution in [0.3, 0.4) is 0 Å². The topological polar surface area (TPSA) is 70.8 Å². The summed E-state index contributed by atoms with van der Waals surface area (Å²) in [4.78, 5) is 3.81. The Morgan fingerprint density at radius 1 is 1.04 bits per heavy atom. The van der Waals surface area contributed by atoms with E-state index in [0.29, 0.717) is 5.02 Å². The molecule has 136 valence electrons. The van der Waals surface area contributed by atoms with Crippen molar-refractivity contribution in [3.63, 3.8) is 0 Å². The van der Waals surface area contributed by atoms with Gasteiger partial charge in [0.15, 0.2) is 9.84 Å². The first-order valence-electron chi connectivity index (χ1n) is 7.63. The highest BCUT2D eigenvalue weighted by Gasteiger charge is 2.33. The molecule has 0 aliphatic heterocycles. The van der Waals surface area contributed by atoms with Gasteiger partial charge in [-0.05, 0) is 60.2 Å². The van der Waals surface area contributed by atoms with Gasteiger partial charge in [0.25, 0.3) is 0 Å². The third-order valence-electron chi connectivity index (χ3n) is 3.91. The minimum atomic E-state index is -4.08. The Hall–Kier alpha value is -2.46. The summed E-state index contributed by atoms with van der Waals surface area (Å²) >= 11 is 11.8. The molecule has 0 aliphatic carbocycles. The predicted molar refractivity (Wildman–Crippen MR) is 101 cm³/mol. The molecule has 0 radical (unpaired) electrons. The van der Waals surface area contributed by atoms with Crippen LogP contribution in [0, 0.1) is 17.1 Å². The predicted octanol–water partition coefficient (Wildman–Crippen LogP) is 4.96. The maximum Gasteiger partial charge on any atom is 0.189 e. The Morgan fingerprint density at radius 3 is 2.37 bits per heavy atom. The molecule has 0 saturated heterocycles. The van der Waals surface area contributed by atoms with Gasteiger partial charge in [-0.15, -0.1) is 0 Å². The van der Waals surface area contributed by atoms with Gasteiger partial charge < -0.3 is 0 Å². The number of rotatable bonds is 4. The molecule has 0 N–H and O–H groups in total.